The van der Waals surface area contributed by atoms with Gasteiger partial charge < -0.3 is 10.2 Å². The molecule has 5 rings (SSSR count). The number of carbonyl (C=O) groups excluding carboxylic acids is 1. The van der Waals surface area contributed by atoms with Gasteiger partial charge in [-0.1, -0.05) is 36.4 Å². The van der Waals surface area contributed by atoms with Gasteiger partial charge in [0.05, 0.1) is 29.9 Å². The molecule has 10 heteroatoms. The van der Waals surface area contributed by atoms with Crippen LogP contribution in [0.3, 0.4) is 0 Å². The van der Waals surface area contributed by atoms with E-state index in [4.69, 9.17) is 9.97 Å². The smallest absolute Gasteiger partial charge is 0.320 e. The fraction of sp³-hybridized carbons (Fsp3) is 0.222. The molecule has 37 heavy (non-hydrogen) atoms. The van der Waals surface area contributed by atoms with Crippen molar-refractivity contribution in [3.8, 4) is 22.6 Å². The van der Waals surface area contributed by atoms with Crippen molar-refractivity contribution in [1.29, 1.82) is 0 Å². The average molecular weight is 505 g/mol. The molecule has 1 aliphatic heterocycles. The fourth-order valence-corrected chi connectivity index (χ4v) is 4.39. The summed E-state index contributed by atoms with van der Waals surface area (Å²) in [5.41, 5.74) is 5.45. The number of hydrogen-bond acceptors (Lipinski definition) is 5. The SMILES string of the molecule is Cc1ccccc1-c1nc(-c2cncnc2)nc2c1CN(C(=O)Nc1cccc(CC(F)(F)F)c1)CC2. The molecule has 0 radical (unpaired) electrons. The first-order chi connectivity index (χ1) is 17.8. The van der Waals surface area contributed by atoms with Crippen molar-refractivity contribution in [3.63, 3.8) is 0 Å². The van der Waals surface area contributed by atoms with Crippen LogP contribution in [0.15, 0.2) is 67.3 Å². The normalized spacial score (nSPS) is 13.2. The van der Waals surface area contributed by atoms with E-state index < -0.39 is 18.6 Å². The molecule has 0 spiro atoms. The number of anilines is 1. The van der Waals surface area contributed by atoms with Crippen molar-refractivity contribution in [3.05, 3.63) is 89.6 Å². The Morgan fingerprint density at radius 2 is 1.84 bits per heavy atom. The van der Waals surface area contributed by atoms with Gasteiger partial charge in [0.25, 0.3) is 0 Å². The number of aryl methyl sites for hydroxylation is 1. The van der Waals surface area contributed by atoms with Gasteiger partial charge in [0.15, 0.2) is 5.82 Å². The molecule has 3 heterocycles. The maximum atomic E-state index is 13.1. The Hall–Kier alpha value is -4.34. The number of hydrogen-bond donors (Lipinski definition) is 1. The Labute approximate surface area is 211 Å². The van der Waals surface area contributed by atoms with Crippen LogP contribution in [-0.2, 0) is 19.4 Å². The summed E-state index contributed by atoms with van der Waals surface area (Å²) in [6.07, 6.45) is -0.119. The Balaban J connectivity index is 1.45. The quantitative estimate of drug-likeness (QED) is 0.391. The van der Waals surface area contributed by atoms with Crippen LogP contribution >= 0.6 is 0 Å². The summed E-state index contributed by atoms with van der Waals surface area (Å²) < 4.78 is 38.4. The number of amides is 2. The third-order valence-corrected chi connectivity index (χ3v) is 6.15. The van der Waals surface area contributed by atoms with Gasteiger partial charge in [-0.15, -0.1) is 0 Å². The van der Waals surface area contributed by atoms with E-state index in [0.717, 1.165) is 28.1 Å². The molecule has 0 bridgehead atoms. The second kappa shape index (κ2) is 9.96. The maximum Gasteiger partial charge on any atom is 0.393 e. The first-order valence-corrected chi connectivity index (χ1v) is 11.7. The van der Waals surface area contributed by atoms with E-state index in [0.29, 0.717) is 30.0 Å². The van der Waals surface area contributed by atoms with Gasteiger partial charge in [-0.25, -0.2) is 24.7 Å². The maximum absolute atomic E-state index is 13.1. The highest BCUT2D eigenvalue weighted by Gasteiger charge is 2.29. The summed E-state index contributed by atoms with van der Waals surface area (Å²) in [5.74, 6) is 0.511. The molecular weight excluding hydrogens is 481 g/mol. The summed E-state index contributed by atoms with van der Waals surface area (Å²) in [5, 5.41) is 2.74. The average Bonchev–Trinajstić information content (AvgIpc) is 2.88. The Kier molecular flexibility index (Phi) is 6.56. The van der Waals surface area contributed by atoms with Crippen LogP contribution in [0.2, 0.25) is 0 Å². The van der Waals surface area contributed by atoms with Gasteiger partial charge in [0, 0.05) is 42.2 Å². The van der Waals surface area contributed by atoms with Gasteiger partial charge in [0.2, 0.25) is 0 Å². The molecule has 4 aromatic rings. The van der Waals surface area contributed by atoms with Crippen molar-refractivity contribution in [2.75, 3.05) is 11.9 Å². The summed E-state index contributed by atoms with van der Waals surface area (Å²) in [7, 11) is 0. The summed E-state index contributed by atoms with van der Waals surface area (Å²) >= 11 is 0. The van der Waals surface area contributed by atoms with E-state index in [1.807, 2.05) is 31.2 Å². The van der Waals surface area contributed by atoms with Gasteiger partial charge in [-0.05, 0) is 30.2 Å². The molecule has 2 aromatic heterocycles. The fourth-order valence-electron chi connectivity index (χ4n) is 4.39. The first-order valence-electron chi connectivity index (χ1n) is 11.7. The van der Waals surface area contributed by atoms with Crippen LogP contribution in [0.5, 0.6) is 0 Å². The lowest BCUT2D eigenvalue weighted by Crippen LogP contribution is -2.39. The number of alkyl halides is 3. The van der Waals surface area contributed by atoms with E-state index >= 15 is 0 Å². The topological polar surface area (TPSA) is 83.9 Å². The van der Waals surface area contributed by atoms with Gasteiger partial charge in [-0.2, -0.15) is 13.2 Å². The third kappa shape index (κ3) is 5.58. The van der Waals surface area contributed by atoms with Crippen molar-refractivity contribution in [2.45, 2.75) is 32.5 Å². The highest BCUT2D eigenvalue weighted by molar-refractivity contribution is 5.89. The van der Waals surface area contributed by atoms with Crippen LogP contribution in [0.4, 0.5) is 23.7 Å². The van der Waals surface area contributed by atoms with Crippen molar-refractivity contribution < 1.29 is 18.0 Å². The number of nitrogens with zero attached hydrogens (tertiary/aromatic N) is 5. The molecule has 188 valence electrons. The molecule has 0 saturated carbocycles. The van der Waals surface area contributed by atoms with Crippen molar-refractivity contribution in [2.24, 2.45) is 0 Å². The minimum Gasteiger partial charge on any atom is -0.320 e. The van der Waals surface area contributed by atoms with E-state index in [1.54, 1.807) is 23.4 Å². The van der Waals surface area contributed by atoms with E-state index in [2.05, 4.69) is 15.3 Å². The van der Waals surface area contributed by atoms with Crippen LogP contribution in [-0.4, -0.2) is 43.6 Å². The zero-order chi connectivity index (χ0) is 26.0. The number of fused-ring (bicyclic) bond motifs is 1. The Bertz CT molecular complexity index is 1440. The number of nitrogens with one attached hydrogen (secondary N) is 1. The minimum atomic E-state index is -4.32. The molecular formula is C27H23F3N6O. The Morgan fingerprint density at radius 1 is 1.05 bits per heavy atom. The molecule has 7 nitrogen and oxygen atoms in total. The van der Waals surface area contributed by atoms with Crippen LogP contribution in [0.1, 0.15) is 22.4 Å². The van der Waals surface area contributed by atoms with E-state index in [-0.39, 0.29) is 12.1 Å². The number of aromatic nitrogens is 4. The lowest BCUT2D eigenvalue weighted by atomic mass is 9.96. The summed E-state index contributed by atoms with van der Waals surface area (Å²) in [6, 6.07) is 13.3. The third-order valence-electron chi connectivity index (χ3n) is 6.15. The highest BCUT2D eigenvalue weighted by atomic mass is 19.4. The standard InChI is InChI=1S/C27H23F3N6O/c1-17-5-2-3-8-21(17)24-22-15-36(10-9-23(22)34-25(35-24)19-13-31-16-32-14-19)26(37)33-20-7-4-6-18(11-20)12-27(28,29)30/h2-8,11,13-14,16H,9-10,12,15H2,1H3,(H,33,37). The monoisotopic (exact) mass is 504 g/mol. The summed E-state index contributed by atoms with van der Waals surface area (Å²) in [6.45, 7) is 2.66. The second-order valence-corrected chi connectivity index (χ2v) is 8.86. The number of halogens is 3. The Morgan fingerprint density at radius 3 is 2.59 bits per heavy atom. The number of urea groups is 1. The van der Waals surface area contributed by atoms with Gasteiger partial charge >= 0.3 is 12.2 Å². The van der Waals surface area contributed by atoms with Gasteiger partial charge in [0.1, 0.15) is 6.33 Å². The molecule has 2 aromatic carbocycles. The first kappa shape index (κ1) is 24.4. The van der Waals surface area contributed by atoms with Crippen molar-refractivity contribution >= 4 is 11.7 Å². The zero-order valence-corrected chi connectivity index (χ0v) is 20.0. The molecule has 1 aliphatic rings. The molecule has 0 saturated heterocycles. The molecule has 2 amide bonds. The van der Waals surface area contributed by atoms with Crippen LogP contribution in [0.25, 0.3) is 22.6 Å². The largest absolute Gasteiger partial charge is 0.393 e. The van der Waals surface area contributed by atoms with Crippen LogP contribution < -0.4 is 5.32 Å². The second-order valence-electron chi connectivity index (χ2n) is 8.86. The van der Waals surface area contributed by atoms with Crippen molar-refractivity contribution in [1.82, 2.24) is 24.8 Å². The van der Waals surface area contributed by atoms with E-state index in [1.165, 1.54) is 24.5 Å². The van der Waals surface area contributed by atoms with E-state index in [9.17, 15) is 18.0 Å². The molecule has 0 fully saturated rings. The zero-order valence-electron chi connectivity index (χ0n) is 20.0. The predicted octanol–water partition coefficient (Wildman–Crippen LogP) is 5.60. The molecule has 1 N–H and O–H groups in total. The number of rotatable bonds is 4. The number of benzene rings is 2. The predicted molar refractivity (Wildman–Crippen MR) is 133 cm³/mol. The number of carbonyl (C=O) groups is 1. The lowest BCUT2D eigenvalue weighted by molar-refractivity contribution is -0.127. The van der Waals surface area contributed by atoms with Crippen LogP contribution in [0, 0.1) is 6.92 Å². The molecule has 0 aliphatic carbocycles. The summed E-state index contributed by atoms with van der Waals surface area (Å²) in [4.78, 5) is 32.5. The minimum absolute atomic E-state index is 0.0851. The lowest BCUT2D eigenvalue weighted by Gasteiger charge is -2.30. The van der Waals surface area contributed by atoms with Gasteiger partial charge in [-0.3, -0.25) is 0 Å². The molecule has 0 unspecified atom stereocenters. The highest BCUT2D eigenvalue weighted by Crippen LogP contribution is 2.32. The molecule has 0 atom stereocenters.